The molecule has 2 N–H and O–H groups in total. The normalized spacial score (nSPS) is 9.36. The fourth-order valence-electron chi connectivity index (χ4n) is 0.580. The molecule has 0 saturated heterocycles. The van der Waals surface area contributed by atoms with Gasteiger partial charge < -0.3 is 14.7 Å². The molecule has 6 heteroatoms. The van der Waals surface area contributed by atoms with Crippen LogP contribution in [-0.4, -0.2) is 22.4 Å². The monoisotopic (exact) mass is 157 g/mol. The van der Waals surface area contributed by atoms with Crippen LogP contribution in [0.25, 0.3) is 0 Å². The van der Waals surface area contributed by atoms with E-state index in [0.717, 1.165) is 12.3 Å². The highest BCUT2D eigenvalue weighted by Gasteiger charge is 2.10. The summed E-state index contributed by atoms with van der Waals surface area (Å²) in [6.45, 7) is 0. The van der Waals surface area contributed by atoms with Gasteiger partial charge in [0, 0.05) is 12.3 Å². The largest absolute Gasteiger partial charge is 0.707 e. The van der Waals surface area contributed by atoms with Crippen molar-refractivity contribution in [2.24, 2.45) is 0 Å². The van der Waals surface area contributed by atoms with E-state index in [1.165, 1.54) is 6.07 Å². The Bertz CT molecular complexity index is 245. The van der Waals surface area contributed by atoms with E-state index in [9.17, 15) is 4.39 Å². The van der Waals surface area contributed by atoms with Gasteiger partial charge in [-0.15, -0.1) is 0 Å². The lowest BCUT2D eigenvalue weighted by Gasteiger charge is -2.02. The summed E-state index contributed by atoms with van der Waals surface area (Å²) in [5.41, 5.74) is 0. The minimum Gasteiger partial charge on any atom is -0.512 e. The van der Waals surface area contributed by atoms with E-state index in [1.54, 1.807) is 0 Å². The van der Waals surface area contributed by atoms with Gasteiger partial charge in [-0.05, 0) is 6.07 Å². The van der Waals surface area contributed by atoms with Crippen molar-refractivity contribution < 1.29 is 19.1 Å². The van der Waals surface area contributed by atoms with E-state index >= 15 is 0 Å². The van der Waals surface area contributed by atoms with Gasteiger partial charge in [0.25, 0.3) is 0 Å². The van der Waals surface area contributed by atoms with Crippen LogP contribution in [0.3, 0.4) is 0 Å². The number of hydrogen-bond donors (Lipinski definition) is 2. The first kappa shape index (κ1) is 7.97. The summed E-state index contributed by atoms with van der Waals surface area (Å²) in [5.74, 6) is -0.712. The molecule has 0 amide bonds. The van der Waals surface area contributed by atoms with Gasteiger partial charge in [0.15, 0.2) is 0 Å². The average Bonchev–Trinajstić information content (AvgIpc) is 1.85. The van der Waals surface area contributed by atoms with Crippen LogP contribution < -0.4 is 4.65 Å². The summed E-state index contributed by atoms with van der Waals surface area (Å²) in [7, 11) is -1.93. The molecule has 0 aliphatic rings. The van der Waals surface area contributed by atoms with Gasteiger partial charge in [0.1, 0.15) is 5.75 Å². The molecular weight excluding hydrogens is 152 g/mol. The zero-order valence-corrected chi connectivity index (χ0v) is 5.44. The Morgan fingerprint density at radius 2 is 2.27 bits per heavy atom. The highest BCUT2D eigenvalue weighted by molar-refractivity contribution is 6.33. The van der Waals surface area contributed by atoms with Gasteiger partial charge in [-0.3, -0.25) is 0 Å². The molecule has 0 aliphatic carbocycles. The van der Waals surface area contributed by atoms with Crippen molar-refractivity contribution in [3.8, 4) is 5.75 Å². The minimum atomic E-state index is -1.93. The first-order valence-electron chi connectivity index (χ1n) is 2.83. The third-order valence-corrected chi connectivity index (χ3v) is 0.940. The second-order valence-corrected chi connectivity index (χ2v) is 1.76. The summed E-state index contributed by atoms with van der Waals surface area (Å²) in [6.07, 6.45) is 1.16. The van der Waals surface area contributed by atoms with E-state index in [2.05, 4.69) is 9.64 Å². The van der Waals surface area contributed by atoms with E-state index in [-0.39, 0.29) is 5.75 Å². The number of halogens is 1. The number of hydrogen-bond acceptors (Lipinski definition) is 4. The molecule has 0 bridgehead atoms. The maximum atomic E-state index is 12.3. The first-order chi connectivity index (χ1) is 5.18. The lowest BCUT2D eigenvalue weighted by atomic mass is 10.2. The maximum absolute atomic E-state index is 12.3. The minimum absolute atomic E-state index is 0.0208. The van der Waals surface area contributed by atoms with Crippen molar-refractivity contribution in [3.05, 3.63) is 24.3 Å². The van der Waals surface area contributed by atoms with Gasteiger partial charge >= 0.3 is 7.32 Å². The molecule has 0 fully saturated rings. The number of aromatic nitrogens is 1. The molecule has 1 rings (SSSR count). The number of pyridine rings is 1. The quantitative estimate of drug-likeness (QED) is 0.451. The molecule has 0 aliphatic heterocycles. The molecule has 1 aromatic heterocycles. The molecular formula is C5H5BFNO3. The van der Waals surface area contributed by atoms with Crippen LogP contribution in [-0.2, 0) is 0 Å². The Kier molecular flexibility index (Phi) is 2.40. The Balaban J connectivity index is 2.71. The SMILES string of the molecule is OB(O)Oc1ccnc(F)c1. The van der Waals surface area contributed by atoms with Gasteiger partial charge in [0.05, 0.1) is 0 Å². The fraction of sp³-hybridized carbons (Fsp3) is 0. The predicted octanol–water partition coefficient (Wildman–Crippen LogP) is -0.431. The van der Waals surface area contributed by atoms with Gasteiger partial charge in [-0.1, -0.05) is 0 Å². The molecule has 58 valence electrons. The summed E-state index contributed by atoms with van der Waals surface area (Å²) >= 11 is 0. The number of nitrogens with zero attached hydrogens (tertiary/aromatic N) is 1. The lowest BCUT2D eigenvalue weighted by molar-refractivity contribution is 0.287. The van der Waals surface area contributed by atoms with Crippen molar-refractivity contribution in [2.45, 2.75) is 0 Å². The molecule has 0 spiro atoms. The average molecular weight is 157 g/mol. The van der Waals surface area contributed by atoms with Crippen LogP contribution in [0.1, 0.15) is 0 Å². The summed E-state index contributed by atoms with van der Waals surface area (Å²) in [5, 5.41) is 16.6. The standard InChI is InChI=1S/C5H5BFNO3/c7-5-3-4(1-2-8-5)11-6(9)10/h1-3,9-10H. The second kappa shape index (κ2) is 3.31. The fourth-order valence-corrected chi connectivity index (χ4v) is 0.580. The van der Waals surface area contributed by atoms with E-state index < -0.39 is 13.3 Å². The zero-order valence-electron chi connectivity index (χ0n) is 5.44. The van der Waals surface area contributed by atoms with Crippen molar-refractivity contribution in [2.75, 3.05) is 0 Å². The van der Waals surface area contributed by atoms with Crippen LogP contribution in [0.5, 0.6) is 5.75 Å². The van der Waals surface area contributed by atoms with Crippen LogP contribution in [0.4, 0.5) is 4.39 Å². The van der Waals surface area contributed by atoms with Crippen molar-refractivity contribution in [3.63, 3.8) is 0 Å². The molecule has 0 radical (unpaired) electrons. The van der Waals surface area contributed by atoms with Crippen LogP contribution in [0.2, 0.25) is 0 Å². The molecule has 0 atom stereocenters. The highest BCUT2D eigenvalue weighted by Crippen LogP contribution is 2.09. The van der Waals surface area contributed by atoms with Crippen molar-refractivity contribution >= 4 is 7.32 Å². The Morgan fingerprint density at radius 3 is 2.82 bits per heavy atom. The number of rotatable bonds is 2. The summed E-state index contributed by atoms with van der Waals surface area (Å²) in [6, 6.07) is 2.25. The van der Waals surface area contributed by atoms with E-state index in [4.69, 9.17) is 10.0 Å². The van der Waals surface area contributed by atoms with E-state index in [0.29, 0.717) is 0 Å². The third kappa shape index (κ3) is 2.52. The Hall–Kier alpha value is -1.14. The third-order valence-electron chi connectivity index (χ3n) is 0.940. The maximum Gasteiger partial charge on any atom is 0.707 e. The molecule has 0 saturated carbocycles. The molecule has 0 unspecified atom stereocenters. The van der Waals surface area contributed by atoms with Crippen molar-refractivity contribution in [1.29, 1.82) is 0 Å². The van der Waals surface area contributed by atoms with Gasteiger partial charge in [-0.2, -0.15) is 4.39 Å². The van der Waals surface area contributed by atoms with Crippen molar-refractivity contribution in [1.82, 2.24) is 4.98 Å². The molecule has 11 heavy (non-hydrogen) atoms. The van der Waals surface area contributed by atoms with Crippen LogP contribution >= 0.6 is 0 Å². The van der Waals surface area contributed by atoms with Gasteiger partial charge in [0.2, 0.25) is 5.95 Å². The topological polar surface area (TPSA) is 62.6 Å². The second-order valence-electron chi connectivity index (χ2n) is 1.76. The summed E-state index contributed by atoms with van der Waals surface area (Å²) in [4.78, 5) is 3.24. The molecule has 0 aromatic carbocycles. The smallest absolute Gasteiger partial charge is 0.512 e. The zero-order chi connectivity index (χ0) is 8.27. The molecule has 1 aromatic rings. The summed E-state index contributed by atoms with van der Waals surface area (Å²) < 4.78 is 16.6. The highest BCUT2D eigenvalue weighted by atomic mass is 19.1. The first-order valence-corrected chi connectivity index (χ1v) is 2.83. The predicted molar refractivity (Wildman–Crippen MR) is 35.0 cm³/mol. The Labute approximate surface area is 62.4 Å². The molecule has 4 nitrogen and oxygen atoms in total. The lowest BCUT2D eigenvalue weighted by Crippen LogP contribution is -2.20. The van der Waals surface area contributed by atoms with Crippen LogP contribution in [0.15, 0.2) is 18.3 Å². The Morgan fingerprint density at radius 1 is 1.55 bits per heavy atom. The molecule has 1 heterocycles. The van der Waals surface area contributed by atoms with Crippen LogP contribution in [0, 0.1) is 5.95 Å². The van der Waals surface area contributed by atoms with E-state index in [1.807, 2.05) is 0 Å². The van der Waals surface area contributed by atoms with Gasteiger partial charge in [-0.25, -0.2) is 4.98 Å².